The number of morpholine rings is 1. The molecule has 0 bridgehead atoms. The average Bonchev–Trinajstić information content (AvgIpc) is 2.88. The Morgan fingerprint density at radius 2 is 1.74 bits per heavy atom. The molecule has 35 heavy (non-hydrogen) atoms. The second kappa shape index (κ2) is 12.0. The summed E-state index contributed by atoms with van der Waals surface area (Å²) < 4.78 is 11.7. The molecule has 1 amide bonds. The van der Waals surface area contributed by atoms with Crippen molar-refractivity contribution in [3.63, 3.8) is 0 Å². The quantitative estimate of drug-likeness (QED) is 0.207. The lowest BCUT2D eigenvalue weighted by molar-refractivity contribution is -0.384. The van der Waals surface area contributed by atoms with Gasteiger partial charge >= 0.3 is 0 Å². The summed E-state index contributed by atoms with van der Waals surface area (Å²) in [5, 5.41) is 10.8. The van der Waals surface area contributed by atoms with Crippen molar-refractivity contribution in [2.45, 2.75) is 9.79 Å². The Hall–Kier alpha value is -3.21. The van der Waals surface area contributed by atoms with E-state index in [1.807, 2.05) is 42.5 Å². The first-order valence-corrected chi connectivity index (χ1v) is 12.4. The lowest BCUT2D eigenvalue weighted by Crippen LogP contribution is -2.43. The van der Waals surface area contributed by atoms with Gasteiger partial charge in [0.15, 0.2) is 6.61 Å². The highest BCUT2D eigenvalue weighted by Gasteiger charge is 2.17. The Balaban J connectivity index is 1.31. The van der Waals surface area contributed by atoms with Gasteiger partial charge in [-0.05, 0) is 76.1 Å². The monoisotopic (exact) mass is 555 g/mol. The lowest BCUT2D eigenvalue weighted by atomic mass is 10.2. The number of nitrogens with zero attached hydrogens (tertiary/aromatic N) is 3. The van der Waals surface area contributed by atoms with Crippen molar-refractivity contribution in [2.24, 2.45) is 4.99 Å². The van der Waals surface area contributed by atoms with E-state index in [1.165, 1.54) is 23.9 Å². The third-order valence-corrected chi connectivity index (χ3v) is 6.79. The molecule has 0 N–H and O–H groups in total. The highest BCUT2D eigenvalue weighted by atomic mass is 79.9. The molecule has 1 aliphatic heterocycles. The Morgan fingerprint density at radius 1 is 1.09 bits per heavy atom. The van der Waals surface area contributed by atoms with Gasteiger partial charge in [0.2, 0.25) is 0 Å². The van der Waals surface area contributed by atoms with Crippen LogP contribution in [-0.4, -0.2) is 54.9 Å². The maximum Gasteiger partial charge on any atom is 0.269 e. The number of nitro groups is 1. The number of aliphatic imine (C=N–C) groups is 1. The van der Waals surface area contributed by atoms with Crippen LogP contribution in [0.4, 0.5) is 11.4 Å². The number of amides is 1. The van der Waals surface area contributed by atoms with Gasteiger partial charge < -0.3 is 14.4 Å². The van der Waals surface area contributed by atoms with E-state index in [1.54, 1.807) is 23.2 Å². The number of hydrogen-bond donors (Lipinski definition) is 0. The zero-order valence-corrected chi connectivity index (χ0v) is 21.0. The molecule has 0 aromatic heterocycles. The fraction of sp³-hybridized carbons (Fsp3) is 0.200. The number of rotatable bonds is 8. The number of benzene rings is 3. The highest BCUT2D eigenvalue weighted by molar-refractivity contribution is 9.10. The molecule has 10 heteroatoms. The minimum atomic E-state index is -0.409. The van der Waals surface area contributed by atoms with E-state index in [2.05, 4.69) is 20.9 Å². The molecule has 4 rings (SSSR count). The Labute approximate surface area is 215 Å². The fourth-order valence-corrected chi connectivity index (χ4v) is 4.61. The number of non-ortho nitro benzene ring substituents is 1. The van der Waals surface area contributed by atoms with Crippen molar-refractivity contribution in [2.75, 3.05) is 32.9 Å². The molecule has 1 aliphatic rings. The van der Waals surface area contributed by atoms with Crippen molar-refractivity contribution < 1.29 is 19.2 Å². The minimum absolute atomic E-state index is 0.0176. The van der Waals surface area contributed by atoms with Crippen LogP contribution in [0.25, 0.3) is 0 Å². The fourth-order valence-electron chi connectivity index (χ4n) is 3.28. The van der Waals surface area contributed by atoms with Crippen LogP contribution in [0.1, 0.15) is 5.56 Å². The third-order valence-electron chi connectivity index (χ3n) is 5.15. The van der Waals surface area contributed by atoms with Gasteiger partial charge in [-0.1, -0.05) is 11.8 Å². The SMILES string of the molecule is O=C(COc1ccc(C=Nc2ccc(Sc3ccc([N+](=O)[O-])cc3)cc2)cc1Br)N1CCOCC1. The molecule has 8 nitrogen and oxygen atoms in total. The Bertz CT molecular complexity index is 1210. The Kier molecular flexibility index (Phi) is 8.51. The molecule has 180 valence electrons. The van der Waals surface area contributed by atoms with Crippen LogP contribution < -0.4 is 4.74 Å². The summed E-state index contributed by atoms with van der Waals surface area (Å²) in [7, 11) is 0. The van der Waals surface area contributed by atoms with Crippen LogP contribution in [0.15, 0.2) is 86.0 Å². The summed E-state index contributed by atoms with van der Waals surface area (Å²) >= 11 is 5.02. The van der Waals surface area contributed by atoms with Gasteiger partial charge in [0, 0.05) is 41.2 Å². The lowest BCUT2D eigenvalue weighted by Gasteiger charge is -2.26. The Morgan fingerprint density at radius 3 is 2.37 bits per heavy atom. The number of halogens is 1. The molecule has 0 aliphatic carbocycles. The topological polar surface area (TPSA) is 94.3 Å². The van der Waals surface area contributed by atoms with E-state index in [9.17, 15) is 14.9 Å². The molecular formula is C25H22BrN3O5S. The molecule has 1 heterocycles. The molecule has 0 spiro atoms. The van der Waals surface area contributed by atoms with Crippen LogP contribution in [0, 0.1) is 10.1 Å². The summed E-state index contributed by atoms with van der Waals surface area (Å²) in [5.41, 5.74) is 1.76. The van der Waals surface area contributed by atoms with E-state index >= 15 is 0 Å². The summed E-state index contributed by atoms with van der Waals surface area (Å²) in [5.74, 6) is 0.539. The normalized spacial score (nSPS) is 13.7. The van der Waals surface area contributed by atoms with Crippen molar-refractivity contribution in [3.8, 4) is 5.75 Å². The second-order valence-corrected chi connectivity index (χ2v) is 9.58. The first kappa shape index (κ1) is 24.9. The van der Waals surface area contributed by atoms with Crippen LogP contribution in [0.3, 0.4) is 0 Å². The van der Waals surface area contributed by atoms with Crippen molar-refractivity contribution in [1.82, 2.24) is 4.90 Å². The molecule has 0 unspecified atom stereocenters. The number of carbonyl (C=O) groups excluding carboxylic acids is 1. The molecule has 3 aromatic rings. The predicted molar refractivity (Wildman–Crippen MR) is 138 cm³/mol. The van der Waals surface area contributed by atoms with Crippen LogP contribution in [0.2, 0.25) is 0 Å². The van der Waals surface area contributed by atoms with Crippen LogP contribution in [-0.2, 0) is 9.53 Å². The number of hydrogen-bond acceptors (Lipinski definition) is 7. The summed E-state index contributed by atoms with van der Waals surface area (Å²) in [4.78, 5) is 30.8. The molecule has 3 aromatic carbocycles. The number of ether oxygens (including phenoxy) is 2. The van der Waals surface area contributed by atoms with E-state index in [0.29, 0.717) is 32.1 Å². The zero-order chi connectivity index (χ0) is 24.6. The van der Waals surface area contributed by atoms with Gasteiger partial charge in [-0.15, -0.1) is 0 Å². The van der Waals surface area contributed by atoms with Gasteiger partial charge in [-0.3, -0.25) is 19.9 Å². The summed E-state index contributed by atoms with van der Waals surface area (Å²) in [6.07, 6.45) is 1.76. The summed E-state index contributed by atoms with van der Waals surface area (Å²) in [6.45, 7) is 2.29. The van der Waals surface area contributed by atoms with E-state index in [0.717, 1.165) is 25.5 Å². The number of nitro benzene ring substituents is 1. The molecular weight excluding hydrogens is 534 g/mol. The van der Waals surface area contributed by atoms with Crippen molar-refractivity contribution in [1.29, 1.82) is 0 Å². The highest BCUT2D eigenvalue weighted by Crippen LogP contribution is 2.30. The van der Waals surface area contributed by atoms with E-state index in [4.69, 9.17) is 9.47 Å². The molecule has 0 radical (unpaired) electrons. The molecule has 1 saturated heterocycles. The second-order valence-electron chi connectivity index (χ2n) is 7.58. The van der Waals surface area contributed by atoms with Crippen LogP contribution >= 0.6 is 27.7 Å². The largest absolute Gasteiger partial charge is 0.483 e. The van der Waals surface area contributed by atoms with E-state index < -0.39 is 4.92 Å². The van der Waals surface area contributed by atoms with Gasteiger partial charge in [0.25, 0.3) is 11.6 Å². The smallest absolute Gasteiger partial charge is 0.269 e. The molecule has 0 atom stereocenters. The maximum atomic E-state index is 12.3. The third kappa shape index (κ3) is 7.14. The van der Waals surface area contributed by atoms with E-state index in [-0.39, 0.29) is 18.2 Å². The zero-order valence-electron chi connectivity index (χ0n) is 18.6. The first-order valence-electron chi connectivity index (χ1n) is 10.8. The summed E-state index contributed by atoms with van der Waals surface area (Å²) in [6, 6.07) is 19.8. The van der Waals surface area contributed by atoms with Crippen molar-refractivity contribution in [3.05, 3.63) is 86.9 Å². The van der Waals surface area contributed by atoms with Gasteiger partial charge in [-0.2, -0.15) is 0 Å². The maximum absolute atomic E-state index is 12.3. The minimum Gasteiger partial charge on any atom is -0.483 e. The standard InChI is InChI=1S/C25H22BrN3O5S/c26-23-15-18(1-10-24(23)34-17-25(30)28-11-13-33-14-12-28)16-27-19-2-6-21(7-3-19)35-22-8-4-20(5-9-22)29(31)32/h1-10,15-16H,11-14,17H2. The molecule has 1 fully saturated rings. The van der Waals surface area contributed by atoms with Crippen LogP contribution in [0.5, 0.6) is 5.75 Å². The molecule has 0 saturated carbocycles. The van der Waals surface area contributed by atoms with Gasteiger partial charge in [0.1, 0.15) is 5.75 Å². The average molecular weight is 556 g/mol. The van der Waals surface area contributed by atoms with Gasteiger partial charge in [0.05, 0.1) is 28.3 Å². The van der Waals surface area contributed by atoms with Crippen molar-refractivity contribution >= 4 is 51.2 Å². The predicted octanol–water partition coefficient (Wildman–Crippen LogP) is 5.50. The first-order chi connectivity index (χ1) is 17.0. The number of carbonyl (C=O) groups is 1. The van der Waals surface area contributed by atoms with Gasteiger partial charge in [-0.25, -0.2) is 0 Å².